The summed E-state index contributed by atoms with van der Waals surface area (Å²) < 4.78 is 2.08. The van der Waals surface area contributed by atoms with Crippen LogP contribution in [-0.4, -0.2) is 38.5 Å². The van der Waals surface area contributed by atoms with Gasteiger partial charge in [0.1, 0.15) is 5.82 Å². The SMILES string of the molecule is CC[C@H]1CCc2sc(C(=O)N3CCC(c4nnc5ccccn45)CC3)cc2C1. The first-order valence-electron chi connectivity index (χ1n) is 10.4. The van der Waals surface area contributed by atoms with Crippen LogP contribution in [0.4, 0.5) is 0 Å². The van der Waals surface area contributed by atoms with Gasteiger partial charge in [0, 0.05) is 30.1 Å². The fourth-order valence-corrected chi connectivity index (χ4v) is 5.86. The first kappa shape index (κ1) is 17.9. The fraction of sp³-hybridized carbons (Fsp3) is 0.500. The number of thiophene rings is 1. The summed E-state index contributed by atoms with van der Waals surface area (Å²) in [6.45, 7) is 3.87. The molecule has 1 aliphatic heterocycles. The summed E-state index contributed by atoms with van der Waals surface area (Å²) in [6.07, 6.45) is 8.74. The summed E-state index contributed by atoms with van der Waals surface area (Å²) in [6, 6.07) is 8.16. The van der Waals surface area contributed by atoms with Gasteiger partial charge < -0.3 is 4.90 Å². The highest BCUT2D eigenvalue weighted by atomic mass is 32.1. The van der Waals surface area contributed by atoms with Crippen LogP contribution in [-0.2, 0) is 12.8 Å². The number of nitrogens with zero attached hydrogens (tertiary/aromatic N) is 4. The third-order valence-electron chi connectivity index (χ3n) is 6.46. The minimum absolute atomic E-state index is 0.219. The zero-order valence-electron chi connectivity index (χ0n) is 16.3. The molecule has 0 spiro atoms. The Hall–Kier alpha value is -2.21. The van der Waals surface area contributed by atoms with Crippen LogP contribution in [0, 0.1) is 5.92 Å². The highest BCUT2D eigenvalue weighted by Gasteiger charge is 2.29. The second-order valence-corrected chi connectivity index (χ2v) is 9.27. The third-order valence-corrected chi connectivity index (χ3v) is 7.69. The maximum atomic E-state index is 13.1. The van der Waals surface area contributed by atoms with Crippen molar-refractivity contribution in [3.63, 3.8) is 0 Å². The number of carbonyl (C=O) groups is 1. The minimum atomic E-state index is 0.219. The number of fused-ring (bicyclic) bond motifs is 2. The van der Waals surface area contributed by atoms with Crippen LogP contribution in [0.15, 0.2) is 30.5 Å². The number of hydrogen-bond acceptors (Lipinski definition) is 4. The molecule has 5 nitrogen and oxygen atoms in total. The van der Waals surface area contributed by atoms with Gasteiger partial charge in [0.05, 0.1) is 4.88 Å². The topological polar surface area (TPSA) is 50.5 Å². The first-order valence-corrected chi connectivity index (χ1v) is 11.2. The van der Waals surface area contributed by atoms with Crippen LogP contribution in [0.5, 0.6) is 0 Å². The number of carbonyl (C=O) groups excluding carboxylic acids is 1. The average molecular weight is 395 g/mol. The quantitative estimate of drug-likeness (QED) is 0.664. The van der Waals surface area contributed by atoms with Gasteiger partial charge in [-0.1, -0.05) is 19.4 Å². The van der Waals surface area contributed by atoms with E-state index in [1.807, 2.05) is 29.3 Å². The lowest BCUT2D eigenvalue weighted by atomic mass is 9.87. The second-order valence-electron chi connectivity index (χ2n) is 8.13. The molecule has 1 amide bonds. The lowest BCUT2D eigenvalue weighted by Gasteiger charge is -2.31. The van der Waals surface area contributed by atoms with E-state index in [9.17, 15) is 4.79 Å². The molecule has 1 atom stereocenters. The highest BCUT2D eigenvalue weighted by molar-refractivity contribution is 7.14. The smallest absolute Gasteiger partial charge is 0.263 e. The van der Waals surface area contributed by atoms with Crippen molar-refractivity contribution in [2.45, 2.75) is 51.4 Å². The number of pyridine rings is 1. The van der Waals surface area contributed by atoms with Crippen LogP contribution in [0.1, 0.15) is 64.5 Å². The maximum absolute atomic E-state index is 13.1. The van der Waals surface area contributed by atoms with E-state index < -0.39 is 0 Å². The highest BCUT2D eigenvalue weighted by Crippen LogP contribution is 2.35. The van der Waals surface area contributed by atoms with E-state index in [4.69, 9.17) is 0 Å². The Kier molecular flexibility index (Phi) is 4.67. The van der Waals surface area contributed by atoms with E-state index in [1.54, 1.807) is 11.3 Å². The Labute approximate surface area is 169 Å². The normalized spacial score (nSPS) is 20.5. The standard InChI is InChI=1S/C22H26N4OS/c1-2-15-6-7-18-17(13-15)14-19(28-18)22(27)25-11-8-16(9-12-25)21-24-23-20-5-3-4-10-26(20)21/h3-5,10,14-16H,2,6-9,11-13H2,1H3/t15-/m0/s1. The minimum Gasteiger partial charge on any atom is -0.338 e. The number of aromatic nitrogens is 3. The number of aryl methyl sites for hydroxylation is 1. The number of likely N-dealkylation sites (tertiary alicyclic amines) is 1. The van der Waals surface area contributed by atoms with Gasteiger partial charge in [-0.25, -0.2) is 0 Å². The predicted molar refractivity (Wildman–Crippen MR) is 111 cm³/mol. The van der Waals surface area contributed by atoms with Crippen molar-refractivity contribution < 1.29 is 4.79 Å². The Morgan fingerprint density at radius 1 is 1.21 bits per heavy atom. The molecule has 28 heavy (non-hydrogen) atoms. The van der Waals surface area contributed by atoms with Gasteiger partial charge in [-0.3, -0.25) is 9.20 Å². The van der Waals surface area contributed by atoms with Gasteiger partial charge in [-0.15, -0.1) is 21.5 Å². The van der Waals surface area contributed by atoms with E-state index in [0.29, 0.717) is 5.92 Å². The van der Waals surface area contributed by atoms with Crippen LogP contribution in [0.2, 0.25) is 0 Å². The van der Waals surface area contributed by atoms with E-state index in [-0.39, 0.29) is 5.91 Å². The van der Waals surface area contributed by atoms with E-state index in [2.05, 4.69) is 27.6 Å². The number of rotatable bonds is 3. The summed E-state index contributed by atoms with van der Waals surface area (Å²) in [4.78, 5) is 17.5. The van der Waals surface area contributed by atoms with Crippen molar-refractivity contribution in [1.29, 1.82) is 0 Å². The molecule has 0 radical (unpaired) electrons. The van der Waals surface area contributed by atoms with Crippen molar-refractivity contribution in [3.8, 4) is 0 Å². The molecule has 0 aromatic carbocycles. The van der Waals surface area contributed by atoms with Gasteiger partial charge >= 0.3 is 0 Å². The van der Waals surface area contributed by atoms with Crippen molar-refractivity contribution in [1.82, 2.24) is 19.5 Å². The molecule has 0 saturated carbocycles. The van der Waals surface area contributed by atoms with Crippen molar-refractivity contribution in [3.05, 3.63) is 51.6 Å². The zero-order chi connectivity index (χ0) is 19.1. The first-order chi connectivity index (χ1) is 13.7. The molecule has 146 valence electrons. The lowest BCUT2D eigenvalue weighted by molar-refractivity contribution is 0.0715. The molecular weight excluding hydrogens is 368 g/mol. The predicted octanol–water partition coefficient (Wildman–Crippen LogP) is 4.33. The Morgan fingerprint density at radius 3 is 2.89 bits per heavy atom. The number of piperidine rings is 1. The van der Waals surface area contributed by atoms with E-state index >= 15 is 0 Å². The summed E-state index contributed by atoms with van der Waals surface area (Å²) >= 11 is 1.73. The van der Waals surface area contributed by atoms with Crippen molar-refractivity contribution >= 4 is 22.9 Å². The Morgan fingerprint density at radius 2 is 2.07 bits per heavy atom. The molecule has 3 aromatic rings. The van der Waals surface area contributed by atoms with Gasteiger partial charge in [0.2, 0.25) is 0 Å². The van der Waals surface area contributed by atoms with Crippen molar-refractivity contribution in [2.24, 2.45) is 5.92 Å². The summed E-state index contributed by atoms with van der Waals surface area (Å²) in [7, 11) is 0. The summed E-state index contributed by atoms with van der Waals surface area (Å²) in [5, 5.41) is 8.70. The molecule has 6 heteroatoms. The molecule has 0 bridgehead atoms. The van der Waals surface area contributed by atoms with Gasteiger partial charge in [-0.2, -0.15) is 0 Å². The molecule has 5 rings (SSSR count). The summed E-state index contributed by atoms with van der Waals surface area (Å²) in [5.74, 6) is 2.40. The van der Waals surface area contributed by atoms with Gasteiger partial charge in [0.25, 0.3) is 5.91 Å². The van der Waals surface area contributed by atoms with Crippen LogP contribution in [0.25, 0.3) is 5.65 Å². The molecule has 4 heterocycles. The Bertz CT molecular complexity index is 999. The fourth-order valence-electron chi connectivity index (χ4n) is 4.69. The van der Waals surface area contributed by atoms with Crippen LogP contribution in [0.3, 0.4) is 0 Å². The van der Waals surface area contributed by atoms with Crippen LogP contribution >= 0.6 is 11.3 Å². The molecule has 1 saturated heterocycles. The molecule has 0 unspecified atom stereocenters. The van der Waals surface area contributed by atoms with Gasteiger partial charge in [-0.05, 0) is 61.8 Å². The molecule has 3 aromatic heterocycles. The maximum Gasteiger partial charge on any atom is 0.263 e. The van der Waals surface area contributed by atoms with E-state index in [0.717, 1.165) is 61.0 Å². The lowest BCUT2D eigenvalue weighted by Crippen LogP contribution is -2.37. The molecule has 2 aliphatic rings. The number of hydrogen-bond donors (Lipinski definition) is 0. The second kappa shape index (κ2) is 7.32. The average Bonchev–Trinajstić information content (AvgIpc) is 3.37. The Balaban J connectivity index is 1.27. The third kappa shape index (κ3) is 3.13. The molecule has 1 fully saturated rings. The largest absolute Gasteiger partial charge is 0.338 e. The zero-order valence-corrected chi connectivity index (χ0v) is 17.1. The van der Waals surface area contributed by atoms with Crippen molar-refractivity contribution in [2.75, 3.05) is 13.1 Å². The summed E-state index contributed by atoms with van der Waals surface area (Å²) in [5.41, 5.74) is 2.32. The molecular formula is C22H26N4OS. The molecule has 1 aliphatic carbocycles. The molecule has 0 N–H and O–H groups in total. The number of amides is 1. The van der Waals surface area contributed by atoms with Crippen LogP contribution < -0.4 is 0 Å². The monoisotopic (exact) mass is 394 g/mol. The van der Waals surface area contributed by atoms with E-state index in [1.165, 1.54) is 23.3 Å². The van der Waals surface area contributed by atoms with Gasteiger partial charge in [0.15, 0.2) is 5.65 Å².